The molecule has 0 bridgehead atoms. The molecular weight excluding hydrogens is 133 g/mol. The van der Waals surface area contributed by atoms with Crippen molar-refractivity contribution in [3.05, 3.63) is 7.05 Å². The van der Waals surface area contributed by atoms with Gasteiger partial charge >= 0.3 is 0 Å². The third kappa shape index (κ3) is 1.67. The van der Waals surface area contributed by atoms with E-state index in [0.717, 1.165) is 13.0 Å². The molecule has 1 heterocycles. The van der Waals surface area contributed by atoms with Crippen molar-refractivity contribution >= 4 is 0 Å². The zero-order chi connectivity index (χ0) is 7.56. The minimum atomic E-state index is -0.865. The summed E-state index contributed by atoms with van der Waals surface area (Å²) in [5.74, 6) is 0. The normalized spacial score (nSPS) is 36.3. The monoisotopic (exact) mass is 146 g/mol. The molecule has 2 atom stereocenters. The van der Waals surface area contributed by atoms with Crippen LogP contribution in [-0.2, 0) is 4.74 Å². The van der Waals surface area contributed by atoms with E-state index in [-0.39, 0.29) is 6.10 Å². The summed E-state index contributed by atoms with van der Waals surface area (Å²) in [6.07, 6.45) is -0.324. The highest BCUT2D eigenvalue weighted by Crippen LogP contribution is 2.15. The van der Waals surface area contributed by atoms with Crippen molar-refractivity contribution in [2.75, 3.05) is 20.2 Å². The molecule has 0 amide bonds. The second kappa shape index (κ2) is 3.30. The van der Waals surface area contributed by atoms with E-state index in [4.69, 9.17) is 4.74 Å². The molecule has 0 N–H and O–H groups in total. The van der Waals surface area contributed by atoms with Gasteiger partial charge < -0.3 is 4.74 Å². The Labute approximate surface area is 61.0 Å². The van der Waals surface area contributed by atoms with Gasteiger partial charge in [-0.15, -0.1) is 0 Å². The lowest BCUT2D eigenvalue weighted by molar-refractivity contribution is -0.0119. The lowest BCUT2D eigenvalue weighted by Crippen LogP contribution is -2.42. The molecule has 1 rings (SSSR count). The summed E-state index contributed by atoms with van der Waals surface area (Å²) in [4.78, 5) is 1.74. The standard InChI is InChI=1S/C7H13FNO/c1-9-4-3-7(10-2)6(8)5-9/h6-7H,1,3-5H2,2H3. The molecule has 1 fully saturated rings. The van der Waals surface area contributed by atoms with Crippen LogP contribution in [0.15, 0.2) is 0 Å². The van der Waals surface area contributed by atoms with Crippen LogP contribution < -0.4 is 0 Å². The number of piperidine rings is 1. The lowest BCUT2D eigenvalue weighted by Gasteiger charge is -2.30. The molecule has 1 aliphatic heterocycles. The fourth-order valence-corrected chi connectivity index (χ4v) is 1.21. The van der Waals surface area contributed by atoms with Crippen LogP contribution in [0.3, 0.4) is 0 Å². The first-order chi connectivity index (χ1) is 4.74. The summed E-state index contributed by atoms with van der Waals surface area (Å²) in [6, 6.07) is 0. The van der Waals surface area contributed by atoms with E-state index in [1.54, 1.807) is 12.0 Å². The molecule has 3 heteroatoms. The van der Waals surface area contributed by atoms with Crippen molar-refractivity contribution in [3.63, 3.8) is 0 Å². The maximum Gasteiger partial charge on any atom is 0.139 e. The van der Waals surface area contributed by atoms with Gasteiger partial charge in [-0.25, -0.2) is 4.39 Å². The van der Waals surface area contributed by atoms with Crippen molar-refractivity contribution in [2.45, 2.75) is 18.7 Å². The number of methoxy groups -OCH3 is 1. The number of hydrogen-bond donors (Lipinski definition) is 0. The van der Waals surface area contributed by atoms with Gasteiger partial charge in [0.1, 0.15) is 6.17 Å². The summed E-state index contributed by atoms with van der Waals surface area (Å²) in [6.45, 7) is 1.23. The fraction of sp³-hybridized carbons (Fsp3) is 0.857. The first-order valence-electron chi connectivity index (χ1n) is 3.46. The Morgan fingerprint density at radius 2 is 2.40 bits per heavy atom. The molecule has 59 valence electrons. The van der Waals surface area contributed by atoms with Gasteiger partial charge in [0, 0.05) is 27.2 Å². The van der Waals surface area contributed by atoms with E-state index in [1.165, 1.54) is 0 Å². The number of hydrogen-bond acceptors (Lipinski definition) is 2. The fourth-order valence-electron chi connectivity index (χ4n) is 1.21. The van der Waals surface area contributed by atoms with E-state index >= 15 is 0 Å². The summed E-state index contributed by atoms with van der Waals surface area (Å²) in [5.41, 5.74) is 0. The Bertz CT molecular complexity index is 110. The van der Waals surface area contributed by atoms with Gasteiger partial charge in [-0.2, -0.15) is 0 Å². The molecule has 1 aliphatic rings. The van der Waals surface area contributed by atoms with Crippen LogP contribution in [0.5, 0.6) is 0 Å². The average Bonchev–Trinajstić information content (AvgIpc) is 1.88. The largest absolute Gasteiger partial charge is 0.378 e. The molecule has 0 saturated carbocycles. The maximum absolute atomic E-state index is 12.9. The van der Waals surface area contributed by atoms with Crippen LogP contribution in [-0.4, -0.2) is 37.4 Å². The number of rotatable bonds is 1. The number of alkyl halides is 1. The van der Waals surface area contributed by atoms with Crippen LogP contribution in [0.25, 0.3) is 0 Å². The highest BCUT2D eigenvalue weighted by Gasteiger charge is 2.26. The van der Waals surface area contributed by atoms with Gasteiger partial charge in [-0.3, -0.25) is 4.90 Å². The second-order valence-electron chi connectivity index (χ2n) is 2.66. The molecule has 2 unspecified atom stereocenters. The average molecular weight is 146 g/mol. The van der Waals surface area contributed by atoms with Gasteiger partial charge in [0.15, 0.2) is 0 Å². The number of ether oxygens (including phenoxy) is 1. The van der Waals surface area contributed by atoms with Crippen LogP contribution in [0.1, 0.15) is 6.42 Å². The van der Waals surface area contributed by atoms with Crippen molar-refractivity contribution < 1.29 is 9.13 Å². The highest BCUT2D eigenvalue weighted by molar-refractivity contribution is 4.80. The zero-order valence-electron chi connectivity index (χ0n) is 6.22. The van der Waals surface area contributed by atoms with Crippen LogP contribution in [0, 0.1) is 7.05 Å². The molecule has 10 heavy (non-hydrogen) atoms. The number of nitrogens with zero attached hydrogens (tertiary/aromatic N) is 1. The molecule has 1 saturated heterocycles. The molecule has 0 aliphatic carbocycles. The minimum Gasteiger partial charge on any atom is -0.378 e. The van der Waals surface area contributed by atoms with E-state index in [2.05, 4.69) is 7.05 Å². The molecule has 0 aromatic carbocycles. The van der Waals surface area contributed by atoms with Crippen LogP contribution in [0.4, 0.5) is 4.39 Å². The minimum absolute atomic E-state index is 0.210. The SMILES string of the molecule is [CH2]N1CCC(OC)C(F)C1. The van der Waals surface area contributed by atoms with Crippen LogP contribution in [0.2, 0.25) is 0 Å². The van der Waals surface area contributed by atoms with E-state index < -0.39 is 6.17 Å². The summed E-state index contributed by atoms with van der Waals surface area (Å²) >= 11 is 0. The van der Waals surface area contributed by atoms with Gasteiger partial charge in [-0.1, -0.05) is 0 Å². The second-order valence-corrected chi connectivity index (χ2v) is 2.66. The molecular formula is C7H13FNO. The van der Waals surface area contributed by atoms with Gasteiger partial charge in [0.25, 0.3) is 0 Å². The van der Waals surface area contributed by atoms with E-state index in [9.17, 15) is 4.39 Å². The third-order valence-corrected chi connectivity index (χ3v) is 1.87. The smallest absolute Gasteiger partial charge is 0.139 e. The first-order valence-corrected chi connectivity index (χ1v) is 3.46. The summed E-state index contributed by atoms with van der Waals surface area (Å²) in [7, 11) is 5.21. The Kier molecular flexibility index (Phi) is 2.63. The molecule has 1 radical (unpaired) electrons. The Morgan fingerprint density at radius 3 is 2.90 bits per heavy atom. The highest BCUT2D eigenvalue weighted by atomic mass is 19.1. The predicted octanol–water partition coefficient (Wildman–Crippen LogP) is 0.837. The number of halogens is 1. The third-order valence-electron chi connectivity index (χ3n) is 1.87. The molecule has 2 nitrogen and oxygen atoms in total. The van der Waals surface area contributed by atoms with Crippen LogP contribution >= 0.6 is 0 Å². The first kappa shape index (κ1) is 7.95. The van der Waals surface area contributed by atoms with Gasteiger partial charge in [0.05, 0.1) is 6.10 Å². The quantitative estimate of drug-likeness (QED) is 0.543. The summed E-state index contributed by atoms with van der Waals surface area (Å²) < 4.78 is 17.8. The molecule has 0 aromatic rings. The molecule has 0 aromatic heterocycles. The Balaban J connectivity index is 2.36. The van der Waals surface area contributed by atoms with Crippen molar-refractivity contribution in [2.24, 2.45) is 0 Å². The molecule has 0 spiro atoms. The topological polar surface area (TPSA) is 12.5 Å². The van der Waals surface area contributed by atoms with Crippen molar-refractivity contribution in [1.29, 1.82) is 0 Å². The maximum atomic E-state index is 12.9. The van der Waals surface area contributed by atoms with Gasteiger partial charge in [0.2, 0.25) is 0 Å². The lowest BCUT2D eigenvalue weighted by atomic mass is 10.1. The summed E-state index contributed by atoms with van der Waals surface area (Å²) in [5, 5.41) is 0. The van der Waals surface area contributed by atoms with Gasteiger partial charge in [-0.05, 0) is 6.42 Å². The van der Waals surface area contributed by atoms with E-state index in [0.29, 0.717) is 6.54 Å². The predicted molar refractivity (Wildman–Crippen MR) is 37.2 cm³/mol. The Hall–Kier alpha value is -0.150. The van der Waals surface area contributed by atoms with Crippen molar-refractivity contribution in [1.82, 2.24) is 4.90 Å². The number of likely N-dealkylation sites (tertiary alicyclic amines) is 1. The van der Waals surface area contributed by atoms with Crippen molar-refractivity contribution in [3.8, 4) is 0 Å². The zero-order valence-corrected chi connectivity index (χ0v) is 6.22. The van der Waals surface area contributed by atoms with E-state index in [1.807, 2.05) is 0 Å². The Morgan fingerprint density at radius 1 is 1.70 bits per heavy atom.